The number of nitrogens with one attached hydrogen (secondary N) is 1. The van der Waals surface area contributed by atoms with E-state index >= 15 is 0 Å². The minimum absolute atomic E-state index is 0.0944. The van der Waals surface area contributed by atoms with Crippen molar-refractivity contribution in [2.45, 2.75) is 17.8 Å². The Morgan fingerprint density at radius 2 is 2.24 bits per heavy atom. The summed E-state index contributed by atoms with van der Waals surface area (Å²) in [7, 11) is 0. The largest absolute Gasteiger partial charge is 0.477 e. The molecular formula is C15H13N3O2S. The van der Waals surface area contributed by atoms with Gasteiger partial charge in [0.1, 0.15) is 0 Å². The molecule has 0 radical (unpaired) electrons. The molecule has 0 aliphatic rings. The van der Waals surface area contributed by atoms with Gasteiger partial charge >= 0.3 is 5.97 Å². The topological polar surface area (TPSA) is 78.9 Å². The molecule has 21 heavy (non-hydrogen) atoms. The smallest absolute Gasteiger partial charge is 0.354 e. The minimum Gasteiger partial charge on any atom is -0.477 e. The molecule has 1 aromatic carbocycles. The van der Waals surface area contributed by atoms with E-state index in [2.05, 4.69) is 15.0 Å². The zero-order chi connectivity index (χ0) is 14.8. The van der Waals surface area contributed by atoms with Gasteiger partial charge in [-0.3, -0.25) is 0 Å². The molecule has 2 heterocycles. The summed E-state index contributed by atoms with van der Waals surface area (Å²) >= 11 is 1.47. The molecular weight excluding hydrogens is 286 g/mol. The number of H-pyrrole nitrogens is 1. The highest BCUT2D eigenvalue weighted by atomic mass is 32.2. The number of carboxylic acid groups (broad SMARTS) is 1. The van der Waals surface area contributed by atoms with Crippen LogP contribution in [0.1, 0.15) is 21.6 Å². The Labute approximate surface area is 125 Å². The van der Waals surface area contributed by atoms with E-state index in [0.717, 1.165) is 16.2 Å². The highest BCUT2D eigenvalue weighted by Crippen LogP contribution is 2.24. The lowest BCUT2D eigenvalue weighted by Crippen LogP contribution is -2.04. The molecule has 0 aliphatic heterocycles. The molecule has 2 aromatic heterocycles. The van der Waals surface area contributed by atoms with E-state index in [9.17, 15) is 4.79 Å². The van der Waals surface area contributed by atoms with Crippen molar-refractivity contribution in [3.8, 4) is 0 Å². The zero-order valence-electron chi connectivity index (χ0n) is 11.3. The summed E-state index contributed by atoms with van der Waals surface area (Å²) in [5.41, 5.74) is 3.85. The Morgan fingerprint density at radius 1 is 1.38 bits per heavy atom. The lowest BCUT2D eigenvalue weighted by atomic mass is 10.2. The third-order valence-corrected chi connectivity index (χ3v) is 4.00. The monoisotopic (exact) mass is 299 g/mol. The third kappa shape index (κ3) is 2.90. The number of hydrogen-bond donors (Lipinski definition) is 2. The number of pyridine rings is 1. The van der Waals surface area contributed by atoms with Gasteiger partial charge in [-0.05, 0) is 36.2 Å². The van der Waals surface area contributed by atoms with Gasteiger partial charge in [0.15, 0.2) is 10.9 Å². The first-order valence-corrected chi connectivity index (χ1v) is 7.38. The number of aryl methyl sites for hydroxylation is 1. The van der Waals surface area contributed by atoms with Crippen molar-refractivity contribution in [1.82, 2.24) is 15.0 Å². The van der Waals surface area contributed by atoms with Crippen LogP contribution < -0.4 is 0 Å². The standard InChI is InChI=1S/C15H13N3O2S/c1-9-4-5-11-12(7-9)18-15(17-11)21-8-10-3-2-6-16-13(10)14(19)20/h2-7H,8H2,1H3,(H,17,18)(H,19,20). The molecule has 0 spiro atoms. The van der Waals surface area contributed by atoms with E-state index in [1.807, 2.05) is 25.1 Å². The number of imidazole rings is 1. The zero-order valence-corrected chi connectivity index (χ0v) is 12.1. The van der Waals surface area contributed by atoms with Crippen LogP contribution in [-0.2, 0) is 5.75 Å². The van der Waals surface area contributed by atoms with E-state index in [-0.39, 0.29) is 5.69 Å². The molecule has 0 aliphatic carbocycles. The van der Waals surface area contributed by atoms with Crippen LogP contribution in [0, 0.1) is 6.92 Å². The van der Waals surface area contributed by atoms with E-state index < -0.39 is 5.97 Å². The van der Waals surface area contributed by atoms with Crippen molar-refractivity contribution in [2.24, 2.45) is 0 Å². The molecule has 3 rings (SSSR count). The van der Waals surface area contributed by atoms with Crippen molar-refractivity contribution in [3.05, 3.63) is 53.3 Å². The number of nitrogens with zero attached hydrogens (tertiary/aromatic N) is 2. The van der Waals surface area contributed by atoms with Crippen LogP contribution in [0.5, 0.6) is 0 Å². The number of fused-ring (bicyclic) bond motifs is 1. The highest BCUT2D eigenvalue weighted by Gasteiger charge is 2.12. The van der Waals surface area contributed by atoms with Crippen LogP contribution in [0.3, 0.4) is 0 Å². The normalized spacial score (nSPS) is 10.9. The molecule has 2 N–H and O–H groups in total. The fourth-order valence-corrected chi connectivity index (χ4v) is 2.93. The van der Waals surface area contributed by atoms with Crippen LogP contribution in [0.15, 0.2) is 41.7 Å². The number of aromatic carboxylic acids is 1. The Balaban J connectivity index is 1.82. The van der Waals surface area contributed by atoms with Crippen molar-refractivity contribution in [3.63, 3.8) is 0 Å². The van der Waals surface area contributed by atoms with Gasteiger partial charge in [0.05, 0.1) is 11.0 Å². The second-order valence-electron chi connectivity index (χ2n) is 4.67. The lowest BCUT2D eigenvalue weighted by molar-refractivity contribution is 0.0689. The van der Waals surface area contributed by atoms with Crippen molar-refractivity contribution >= 4 is 28.8 Å². The Kier molecular flexibility index (Phi) is 3.62. The Hall–Kier alpha value is -2.34. The maximum Gasteiger partial charge on any atom is 0.354 e. The van der Waals surface area contributed by atoms with Crippen LogP contribution >= 0.6 is 11.8 Å². The first-order valence-electron chi connectivity index (χ1n) is 6.40. The highest BCUT2D eigenvalue weighted by molar-refractivity contribution is 7.98. The minimum atomic E-state index is -1.01. The number of benzene rings is 1. The van der Waals surface area contributed by atoms with Crippen LogP contribution in [0.2, 0.25) is 0 Å². The molecule has 0 saturated carbocycles. The molecule has 5 nitrogen and oxygen atoms in total. The van der Waals surface area contributed by atoms with Crippen molar-refractivity contribution < 1.29 is 9.90 Å². The first kappa shape index (κ1) is 13.6. The fraction of sp³-hybridized carbons (Fsp3) is 0.133. The van der Waals surface area contributed by atoms with Gasteiger partial charge < -0.3 is 10.1 Å². The Bertz CT molecular complexity index is 814. The molecule has 0 fully saturated rings. The maximum absolute atomic E-state index is 11.1. The second-order valence-corrected chi connectivity index (χ2v) is 5.63. The van der Waals surface area contributed by atoms with Gasteiger partial charge in [-0.2, -0.15) is 0 Å². The van der Waals surface area contributed by atoms with Gasteiger partial charge in [-0.1, -0.05) is 23.9 Å². The van der Waals surface area contributed by atoms with Crippen molar-refractivity contribution in [1.29, 1.82) is 0 Å². The number of thioether (sulfide) groups is 1. The number of aromatic amines is 1. The van der Waals surface area contributed by atoms with Gasteiger partial charge in [-0.15, -0.1) is 0 Å². The second kappa shape index (κ2) is 5.57. The third-order valence-electron chi connectivity index (χ3n) is 3.07. The number of rotatable bonds is 4. The van der Waals surface area contributed by atoms with Gasteiger partial charge in [0.25, 0.3) is 0 Å². The van der Waals surface area contributed by atoms with Crippen molar-refractivity contribution in [2.75, 3.05) is 0 Å². The van der Waals surface area contributed by atoms with Gasteiger partial charge in [-0.25, -0.2) is 14.8 Å². The summed E-state index contributed by atoms with van der Waals surface area (Å²) in [5, 5.41) is 9.89. The van der Waals surface area contributed by atoms with E-state index in [1.54, 1.807) is 12.1 Å². The quantitative estimate of drug-likeness (QED) is 0.723. The van der Waals surface area contributed by atoms with Gasteiger partial charge in [0, 0.05) is 11.9 Å². The van der Waals surface area contributed by atoms with Gasteiger partial charge in [0.2, 0.25) is 0 Å². The molecule has 0 saturated heterocycles. The van der Waals surface area contributed by atoms with Crippen LogP contribution in [-0.4, -0.2) is 26.0 Å². The summed E-state index contributed by atoms with van der Waals surface area (Å²) in [5.74, 6) is -0.500. The van der Waals surface area contributed by atoms with E-state index in [4.69, 9.17) is 5.11 Å². The summed E-state index contributed by atoms with van der Waals surface area (Å²) in [4.78, 5) is 22.7. The average Bonchev–Trinajstić information content (AvgIpc) is 2.87. The fourth-order valence-electron chi connectivity index (χ4n) is 2.06. The summed E-state index contributed by atoms with van der Waals surface area (Å²) < 4.78 is 0. The molecule has 0 bridgehead atoms. The summed E-state index contributed by atoms with van der Waals surface area (Å²) in [6.45, 7) is 2.03. The molecule has 0 atom stereocenters. The number of aromatic nitrogens is 3. The van der Waals surface area contributed by atoms with Crippen LogP contribution in [0.4, 0.5) is 0 Å². The number of carbonyl (C=O) groups is 1. The molecule has 106 valence electrons. The maximum atomic E-state index is 11.1. The SMILES string of the molecule is Cc1ccc2nc(SCc3cccnc3C(=O)O)[nH]c2c1. The summed E-state index contributed by atoms with van der Waals surface area (Å²) in [6, 6.07) is 9.54. The molecule has 0 unspecified atom stereocenters. The number of hydrogen-bond acceptors (Lipinski definition) is 4. The lowest BCUT2D eigenvalue weighted by Gasteiger charge is -2.02. The van der Waals surface area contributed by atoms with Crippen LogP contribution in [0.25, 0.3) is 11.0 Å². The van der Waals surface area contributed by atoms with E-state index in [0.29, 0.717) is 11.3 Å². The van der Waals surface area contributed by atoms with E-state index in [1.165, 1.54) is 23.5 Å². The molecule has 3 aromatic rings. The Morgan fingerprint density at radius 3 is 3.05 bits per heavy atom. The predicted molar refractivity (Wildman–Crippen MR) is 81.6 cm³/mol. The molecule has 0 amide bonds. The predicted octanol–water partition coefficient (Wildman–Crippen LogP) is 3.26. The number of carboxylic acids is 1. The summed E-state index contributed by atoms with van der Waals surface area (Å²) in [6.07, 6.45) is 1.49. The molecule has 6 heteroatoms. The first-order chi connectivity index (χ1) is 10.1. The average molecular weight is 299 g/mol.